The Morgan fingerprint density at radius 2 is 1.82 bits per heavy atom. The lowest BCUT2D eigenvalue weighted by atomic mass is 10.2. The van der Waals surface area contributed by atoms with E-state index in [4.69, 9.17) is 4.74 Å². The molecular weight excluding hydrogens is 446 g/mol. The van der Waals surface area contributed by atoms with Gasteiger partial charge in [-0.3, -0.25) is 14.4 Å². The summed E-state index contributed by atoms with van der Waals surface area (Å²) in [5, 5.41) is 2.56. The first-order chi connectivity index (χ1) is 15.7. The summed E-state index contributed by atoms with van der Waals surface area (Å²) in [5.41, 5.74) is 0.775. The fourth-order valence-corrected chi connectivity index (χ4v) is 5.09. The molecule has 2 aromatic carbocycles. The van der Waals surface area contributed by atoms with E-state index in [1.54, 1.807) is 24.3 Å². The van der Waals surface area contributed by atoms with Crippen molar-refractivity contribution in [3.8, 4) is 5.75 Å². The Labute approximate surface area is 192 Å². The number of nitrogens with one attached hydrogen (secondary N) is 1. The first kappa shape index (κ1) is 24.1. The highest BCUT2D eigenvalue weighted by Gasteiger charge is 2.46. The van der Waals surface area contributed by atoms with Crippen LogP contribution in [0.1, 0.15) is 20.3 Å². The van der Waals surface area contributed by atoms with Gasteiger partial charge < -0.3 is 10.1 Å². The number of anilines is 2. The lowest BCUT2D eigenvalue weighted by Gasteiger charge is -2.25. The number of hydrogen-bond donors (Lipinski definition) is 1. The van der Waals surface area contributed by atoms with Crippen molar-refractivity contribution in [2.45, 2.75) is 31.2 Å². The summed E-state index contributed by atoms with van der Waals surface area (Å²) in [5.74, 6) is -0.831. The maximum Gasteiger partial charge on any atom is 0.252 e. The molecule has 3 amide bonds. The van der Waals surface area contributed by atoms with E-state index in [0.29, 0.717) is 23.7 Å². The summed E-state index contributed by atoms with van der Waals surface area (Å²) in [4.78, 5) is 38.0. The molecule has 1 saturated heterocycles. The van der Waals surface area contributed by atoms with Gasteiger partial charge in [0, 0.05) is 19.2 Å². The van der Waals surface area contributed by atoms with Crippen LogP contribution in [-0.4, -0.2) is 49.6 Å². The van der Waals surface area contributed by atoms with Gasteiger partial charge in [-0.25, -0.2) is 13.3 Å². The minimum atomic E-state index is -4.14. The van der Waals surface area contributed by atoms with Gasteiger partial charge in [-0.1, -0.05) is 6.08 Å². The minimum Gasteiger partial charge on any atom is -0.494 e. The van der Waals surface area contributed by atoms with Crippen LogP contribution >= 0.6 is 0 Å². The topological polar surface area (TPSA) is 113 Å². The summed E-state index contributed by atoms with van der Waals surface area (Å²) in [7, 11) is -4.14. The predicted molar refractivity (Wildman–Crippen MR) is 123 cm³/mol. The van der Waals surface area contributed by atoms with Crippen LogP contribution in [0.5, 0.6) is 5.75 Å². The monoisotopic (exact) mass is 471 g/mol. The summed E-state index contributed by atoms with van der Waals surface area (Å²) >= 11 is 0. The zero-order valence-electron chi connectivity index (χ0n) is 18.4. The second-order valence-electron chi connectivity index (χ2n) is 7.28. The van der Waals surface area contributed by atoms with Crippen molar-refractivity contribution in [2.24, 2.45) is 0 Å². The van der Waals surface area contributed by atoms with Crippen molar-refractivity contribution in [1.29, 1.82) is 0 Å². The highest BCUT2D eigenvalue weighted by molar-refractivity contribution is 7.89. The number of hydrogen-bond acceptors (Lipinski definition) is 6. The molecule has 0 aliphatic carbocycles. The van der Waals surface area contributed by atoms with E-state index in [1.807, 2.05) is 6.92 Å². The highest BCUT2D eigenvalue weighted by Crippen LogP contribution is 2.30. The molecule has 1 fully saturated rings. The van der Waals surface area contributed by atoms with E-state index in [9.17, 15) is 22.8 Å². The fraction of sp³-hybridized carbons (Fsp3) is 0.261. The number of ether oxygens (including phenoxy) is 1. The molecule has 3 rings (SSSR count). The molecule has 174 valence electrons. The second kappa shape index (κ2) is 9.97. The molecule has 33 heavy (non-hydrogen) atoms. The van der Waals surface area contributed by atoms with Crippen molar-refractivity contribution in [1.82, 2.24) is 4.31 Å². The van der Waals surface area contributed by atoms with Gasteiger partial charge >= 0.3 is 0 Å². The largest absolute Gasteiger partial charge is 0.494 e. The number of carbonyl (C=O) groups excluding carboxylic acids is 3. The molecule has 10 heteroatoms. The molecule has 1 unspecified atom stereocenters. The molecule has 0 radical (unpaired) electrons. The Morgan fingerprint density at radius 1 is 1.18 bits per heavy atom. The number of sulfonamides is 1. The van der Waals surface area contributed by atoms with E-state index in [1.165, 1.54) is 37.3 Å². The number of imide groups is 1. The van der Waals surface area contributed by atoms with Gasteiger partial charge in [0.05, 0.1) is 23.6 Å². The molecule has 2 aromatic rings. The third-order valence-electron chi connectivity index (χ3n) is 4.97. The van der Waals surface area contributed by atoms with E-state index >= 15 is 0 Å². The maximum absolute atomic E-state index is 13.3. The quantitative estimate of drug-likeness (QED) is 0.444. The maximum atomic E-state index is 13.3. The van der Waals surface area contributed by atoms with Crippen LogP contribution in [0.2, 0.25) is 0 Å². The number of nitrogens with zero attached hydrogens (tertiary/aromatic N) is 2. The van der Waals surface area contributed by atoms with Crippen LogP contribution in [0.4, 0.5) is 11.4 Å². The van der Waals surface area contributed by atoms with Gasteiger partial charge in [-0.2, -0.15) is 4.31 Å². The van der Waals surface area contributed by atoms with E-state index in [-0.39, 0.29) is 23.8 Å². The first-order valence-electron chi connectivity index (χ1n) is 10.3. The highest BCUT2D eigenvalue weighted by atomic mass is 32.2. The normalized spacial score (nSPS) is 16.2. The molecule has 1 N–H and O–H groups in total. The zero-order chi connectivity index (χ0) is 24.2. The molecule has 0 saturated carbocycles. The molecule has 0 spiro atoms. The fourth-order valence-electron chi connectivity index (χ4n) is 3.54. The molecule has 0 bridgehead atoms. The Balaban J connectivity index is 1.89. The number of carbonyl (C=O) groups is 3. The van der Waals surface area contributed by atoms with E-state index in [0.717, 1.165) is 9.21 Å². The Hall–Kier alpha value is -3.50. The van der Waals surface area contributed by atoms with E-state index < -0.39 is 27.9 Å². The van der Waals surface area contributed by atoms with Crippen molar-refractivity contribution in [3.63, 3.8) is 0 Å². The smallest absolute Gasteiger partial charge is 0.252 e. The van der Waals surface area contributed by atoms with Gasteiger partial charge in [-0.15, -0.1) is 6.58 Å². The van der Waals surface area contributed by atoms with Crippen LogP contribution in [0.15, 0.2) is 66.1 Å². The Morgan fingerprint density at radius 3 is 2.36 bits per heavy atom. The van der Waals surface area contributed by atoms with Crippen LogP contribution in [0.3, 0.4) is 0 Å². The average molecular weight is 472 g/mol. The molecular formula is C23H25N3O6S. The van der Waals surface area contributed by atoms with Gasteiger partial charge in [0.15, 0.2) is 0 Å². The summed E-state index contributed by atoms with van der Waals surface area (Å²) in [6.45, 7) is 7.10. The summed E-state index contributed by atoms with van der Waals surface area (Å²) in [6.07, 6.45) is 1.07. The van der Waals surface area contributed by atoms with Crippen LogP contribution in [-0.2, 0) is 24.4 Å². The first-order valence-corrected chi connectivity index (χ1v) is 11.7. The van der Waals surface area contributed by atoms with Crippen molar-refractivity contribution >= 4 is 39.1 Å². The lowest BCUT2D eigenvalue weighted by Crippen LogP contribution is -2.45. The molecule has 1 atom stereocenters. The molecule has 1 aliphatic rings. The van der Waals surface area contributed by atoms with Crippen molar-refractivity contribution in [2.75, 3.05) is 23.4 Å². The zero-order valence-corrected chi connectivity index (χ0v) is 19.2. The predicted octanol–water partition coefficient (Wildman–Crippen LogP) is 2.55. The van der Waals surface area contributed by atoms with Gasteiger partial charge in [0.1, 0.15) is 11.8 Å². The van der Waals surface area contributed by atoms with Crippen molar-refractivity contribution < 1.29 is 27.5 Å². The number of rotatable bonds is 9. The molecule has 1 heterocycles. The second-order valence-corrected chi connectivity index (χ2v) is 9.17. The van der Waals surface area contributed by atoms with E-state index in [2.05, 4.69) is 11.9 Å². The third-order valence-corrected chi connectivity index (χ3v) is 6.86. The van der Waals surface area contributed by atoms with Crippen LogP contribution in [0, 0.1) is 0 Å². The average Bonchev–Trinajstić information content (AvgIpc) is 3.06. The van der Waals surface area contributed by atoms with Crippen LogP contribution < -0.4 is 15.0 Å². The summed E-state index contributed by atoms with van der Waals surface area (Å²) in [6, 6.07) is 10.8. The van der Waals surface area contributed by atoms with Crippen molar-refractivity contribution in [3.05, 3.63) is 61.2 Å². The van der Waals surface area contributed by atoms with Gasteiger partial charge in [0.2, 0.25) is 21.8 Å². The Bertz CT molecular complexity index is 1160. The number of benzene rings is 2. The lowest BCUT2D eigenvalue weighted by molar-refractivity contribution is -0.122. The standard InChI is InChI=1S/C23H25N3O6S/c1-4-14-25(33(30,31)20-12-6-17(7-13-20)24-16(3)27)21-15-22(28)26(23(21)29)18-8-10-19(11-9-18)32-5-2/h4,6-13,21H,1,5,14-15H2,2-3H3,(H,24,27). The van der Waals surface area contributed by atoms with Crippen LogP contribution in [0.25, 0.3) is 0 Å². The minimum absolute atomic E-state index is 0.0711. The SMILES string of the molecule is C=CCN(C1CC(=O)N(c2ccc(OCC)cc2)C1=O)S(=O)(=O)c1ccc(NC(C)=O)cc1. The Kier molecular flexibility index (Phi) is 7.29. The third kappa shape index (κ3) is 5.12. The molecule has 1 aliphatic heterocycles. The molecule has 9 nitrogen and oxygen atoms in total. The molecule has 0 aromatic heterocycles. The van der Waals surface area contributed by atoms with Gasteiger partial charge in [-0.05, 0) is 55.5 Å². The summed E-state index contributed by atoms with van der Waals surface area (Å²) < 4.78 is 33.0. The van der Waals surface area contributed by atoms with Gasteiger partial charge in [0.25, 0.3) is 5.91 Å². The number of amides is 3.